The molecular weight excluding hydrogens is 374 g/mol. The molecule has 0 heterocycles. The van der Waals surface area contributed by atoms with E-state index in [1.807, 2.05) is 0 Å². The summed E-state index contributed by atoms with van der Waals surface area (Å²) in [7, 11) is -4.12. The number of alkyl halides is 3. The van der Waals surface area contributed by atoms with Crippen molar-refractivity contribution in [1.29, 1.82) is 0 Å². The number of sulfonamides is 1. The maximum absolute atomic E-state index is 12.7. The van der Waals surface area contributed by atoms with Gasteiger partial charge in [-0.2, -0.15) is 13.2 Å². The summed E-state index contributed by atoms with van der Waals surface area (Å²) in [6.07, 6.45) is -4.62. The molecular formula is C14H10Cl2F3NO2S. The highest BCUT2D eigenvalue weighted by atomic mass is 35.5. The lowest BCUT2D eigenvalue weighted by Crippen LogP contribution is -2.23. The molecule has 124 valence electrons. The third kappa shape index (κ3) is 4.38. The van der Waals surface area contributed by atoms with Crippen molar-refractivity contribution in [3.63, 3.8) is 0 Å². The zero-order valence-electron chi connectivity index (χ0n) is 11.4. The summed E-state index contributed by atoms with van der Waals surface area (Å²) in [5, 5.41) is 0.434. The van der Waals surface area contributed by atoms with Crippen LogP contribution < -0.4 is 4.72 Å². The number of hydrogen-bond acceptors (Lipinski definition) is 2. The third-order valence-corrected chi connectivity index (χ3v) is 5.21. The van der Waals surface area contributed by atoms with Crippen LogP contribution in [0.5, 0.6) is 0 Å². The third-order valence-electron chi connectivity index (χ3n) is 2.96. The molecule has 3 nitrogen and oxygen atoms in total. The predicted molar refractivity (Wildman–Crippen MR) is 81.9 cm³/mol. The fourth-order valence-corrected chi connectivity index (χ4v) is 3.22. The van der Waals surface area contributed by atoms with E-state index in [9.17, 15) is 21.6 Å². The van der Waals surface area contributed by atoms with Gasteiger partial charge in [0, 0.05) is 6.54 Å². The molecule has 2 aromatic rings. The van der Waals surface area contributed by atoms with Crippen molar-refractivity contribution >= 4 is 33.2 Å². The van der Waals surface area contributed by atoms with Crippen molar-refractivity contribution in [1.82, 2.24) is 4.72 Å². The van der Waals surface area contributed by atoms with Crippen molar-refractivity contribution in [3.8, 4) is 0 Å². The van der Waals surface area contributed by atoms with Crippen LogP contribution in [0, 0.1) is 0 Å². The second kappa shape index (κ2) is 6.68. The molecule has 0 aliphatic carbocycles. The average molecular weight is 384 g/mol. The smallest absolute Gasteiger partial charge is 0.207 e. The Bertz CT molecular complexity index is 823. The lowest BCUT2D eigenvalue weighted by molar-refractivity contribution is -0.137. The Morgan fingerprint density at radius 3 is 2.35 bits per heavy atom. The van der Waals surface area contributed by atoms with E-state index in [1.54, 1.807) is 12.1 Å². The van der Waals surface area contributed by atoms with E-state index in [-0.39, 0.29) is 16.6 Å². The quantitative estimate of drug-likeness (QED) is 0.845. The van der Waals surface area contributed by atoms with E-state index in [1.165, 1.54) is 6.07 Å². The maximum atomic E-state index is 12.7. The fraction of sp³-hybridized carbons (Fsp3) is 0.143. The largest absolute Gasteiger partial charge is 0.416 e. The number of nitrogens with one attached hydrogen (secondary N) is 1. The van der Waals surface area contributed by atoms with Gasteiger partial charge in [-0.1, -0.05) is 41.4 Å². The van der Waals surface area contributed by atoms with Gasteiger partial charge in [0.1, 0.15) is 0 Å². The Labute approximate surface area is 141 Å². The molecule has 1 N–H and O–H groups in total. The number of benzene rings is 2. The Balaban J connectivity index is 2.24. The molecule has 0 unspecified atom stereocenters. The first-order valence-electron chi connectivity index (χ1n) is 6.21. The van der Waals surface area contributed by atoms with Crippen LogP contribution in [-0.2, 0) is 22.7 Å². The molecule has 0 amide bonds. The van der Waals surface area contributed by atoms with Crippen LogP contribution in [0.3, 0.4) is 0 Å². The van der Waals surface area contributed by atoms with Gasteiger partial charge in [0.05, 0.1) is 20.5 Å². The molecule has 2 rings (SSSR count). The highest BCUT2D eigenvalue weighted by Crippen LogP contribution is 2.30. The van der Waals surface area contributed by atoms with Crippen LogP contribution in [0.1, 0.15) is 11.1 Å². The summed E-state index contributed by atoms with van der Waals surface area (Å²) < 4.78 is 64.4. The first-order chi connectivity index (χ1) is 10.6. The SMILES string of the molecule is O=S(=O)(NCc1cccc(Cl)c1Cl)c1cccc(C(F)(F)F)c1. The first-order valence-corrected chi connectivity index (χ1v) is 8.45. The number of rotatable bonds is 4. The van der Waals surface area contributed by atoms with Gasteiger partial charge >= 0.3 is 6.18 Å². The van der Waals surface area contributed by atoms with E-state index in [0.29, 0.717) is 11.6 Å². The van der Waals surface area contributed by atoms with Gasteiger partial charge in [-0.3, -0.25) is 0 Å². The topological polar surface area (TPSA) is 46.2 Å². The van der Waals surface area contributed by atoms with Crippen molar-refractivity contribution in [2.24, 2.45) is 0 Å². The predicted octanol–water partition coefficient (Wildman–Crippen LogP) is 4.49. The molecule has 0 atom stereocenters. The Morgan fingerprint density at radius 1 is 1.04 bits per heavy atom. The number of hydrogen-bond donors (Lipinski definition) is 1. The van der Waals surface area contributed by atoms with E-state index in [2.05, 4.69) is 4.72 Å². The molecule has 9 heteroatoms. The average Bonchev–Trinajstić information content (AvgIpc) is 2.48. The molecule has 2 aromatic carbocycles. The Kier molecular flexibility index (Phi) is 5.25. The summed E-state index contributed by atoms with van der Waals surface area (Å²) >= 11 is 11.8. The minimum Gasteiger partial charge on any atom is -0.207 e. The molecule has 0 bridgehead atoms. The fourth-order valence-electron chi connectivity index (χ4n) is 1.78. The molecule has 0 saturated heterocycles. The number of halogens is 5. The standard InChI is InChI=1S/C14H10Cl2F3NO2S/c15-12-6-1-3-9(13(12)16)8-20-23(21,22)11-5-2-4-10(7-11)14(17,18)19/h1-7,20H,8H2. The lowest BCUT2D eigenvalue weighted by atomic mass is 10.2. The van der Waals surface area contributed by atoms with E-state index in [4.69, 9.17) is 23.2 Å². The van der Waals surface area contributed by atoms with Gasteiger partial charge in [-0.25, -0.2) is 13.1 Å². The normalized spacial score (nSPS) is 12.4. The summed E-state index contributed by atoms with van der Waals surface area (Å²) in [4.78, 5) is -0.481. The van der Waals surface area contributed by atoms with Gasteiger partial charge in [-0.15, -0.1) is 0 Å². The van der Waals surface area contributed by atoms with Gasteiger partial charge in [0.15, 0.2) is 0 Å². The summed E-state index contributed by atoms with van der Waals surface area (Å²) in [5.41, 5.74) is -0.629. The second-order valence-corrected chi connectivity index (χ2v) is 7.12. The zero-order chi connectivity index (χ0) is 17.3. The highest BCUT2D eigenvalue weighted by molar-refractivity contribution is 7.89. The van der Waals surface area contributed by atoms with E-state index in [0.717, 1.165) is 18.2 Å². The zero-order valence-corrected chi connectivity index (χ0v) is 13.7. The summed E-state index contributed by atoms with van der Waals surface area (Å²) in [5.74, 6) is 0. The van der Waals surface area contributed by atoms with Crippen LogP contribution in [0.15, 0.2) is 47.4 Å². The molecule has 0 saturated carbocycles. The minimum absolute atomic E-state index is 0.181. The second-order valence-electron chi connectivity index (χ2n) is 4.56. The lowest BCUT2D eigenvalue weighted by Gasteiger charge is -2.11. The molecule has 0 spiro atoms. The van der Waals surface area contributed by atoms with E-state index >= 15 is 0 Å². The molecule has 0 aliphatic rings. The molecule has 0 radical (unpaired) electrons. The van der Waals surface area contributed by atoms with Crippen molar-refractivity contribution < 1.29 is 21.6 Å². The van der Waals surface area contributed by atoms with Crippen LogP contribution in [0.2, 0.25) is 10.0 Å². The van der Waals surface area contributed by atoms with Gasteiger partial charge in [0.25, 0.3) is 0 Å². The summed E-state index contributed by atoms with van der Waals surface area (Å²) in [6.45, 7) is -0.196. The Morgan fingerprint density at radius 2 is 1.70 bits per heavy atom. The molecule has 23 heavy (non-hydrogen) atoms. The van der Waals surface area contributed by atoms with Crippen LogP contribution in [0.4, 0.5) is 13.2 Å². The molecule has 0 aromatic heterocycles. The van der Waals surface area contributed by atoms with Crippen LogP contribution in [-0.4, -0.2) is 8.42 Å². The van der Waals surface area contributed by atoms with Crippen molar-refractivity contribution in [2.75, 3.05) is 0 Å². The van der Waals surface area contributed by atoms with Crippen molar-refractivity contribution in [2.45, 2.75) is 17.6 Å². The van der Waals surface area contributed by atoms with E-state index < -0.39 is 26.7 Å². The summed E-state index contributed by atoms with van der Waals surface area (Å²) in [6, 6.07) is 8.16. The van der Waals surface area contributed by atoms with Crippen molar-refractivity contribution in [3.05, 3.63) is 63.6 Å². The Hall–Kier alpha value is -1.28. The van der Waals surface area contributed by atoms with Crippen LogP contribution in [0.25, 0.3) is 0 Å². The molecule has 0 fully saturated rings. The van der Waals surface area contributed by atoms with Gasteiger partial charge < -0.3 is 0 Å². The minimum atomic E-state index is -4.62. The van der Waals surface area contributed by atoms with Gasteiger partial charge in [0.2, 0.25) is 10.0 Å². The highest BCUT2D eigenvalue weighted by Gasteiger charge is 2.31. The monoisotopic (exact) mass is 383 g/mol. The molecule has 0 aliphatic heterocycles. The maximum Gasteiger partial charge on any atom is 0.416 e. The van der Waals surface area contributed by atoms with Crippen LogP contribution >= 0.6 is 23.2 Å². The van der Waals surface area contributed by atoms with Gasteiger partial charge in [-0.05, 0) is 29.8 Å². The first kappa shape index (κ1) is 18.1.